The standard InChI is InChI=1S/C37H23N3S/c1-3-10-24(11-4-1)35-38-36(25-12-5-2-6-13-25)40-37(39-35)29-15-9-14-26(23-29)27-18-20-30-28(22-27)19-21-33-34(30)31-16-7-8-17-32(31)41-33/h1-23H. The summed E-state index contributed by atoms with van der Waals surface area (Å²) in [5, 5.41) is 5.20. The van der Waals surface area contributed by atoms with Gasteiger partial charge in [-0.15, -0.1) is 11.3 Å². The van der Waals surface area contributed by atoms with Crippen LogP contribution in [0.1, 0.15) is 0 Å². The van der Waals surface area contributed by atoms with Gasteiger partial charge in [-0.1, -0.05) is 115 Å². The highest BCUT2D eigenvalue weighted by Gasteiger charge is 2.14. The molecule has 0 unspecified atom stereocenters. The van der Waals surface area contributed by atoms with Crippen molar-refractivity contribution in [3.8, 4) is 45.3 Å². The molecule has 0 atom stereocenters. The van der Waals surface area contributed by atoms with Crippen LogP contribution in [0.3, 0.4) is 0 Å². The van der Waals surface area contributed by atoms with Gasteiger partial charge in [0, 0.05) is 36.9 Å². The molecule has 6 aromatic carbocycles. The number of aromatic nitrogens is 3. The summed E-state index contributed by atoms with van der Waals surface area (Å²) < 4.78 is 2.65. The van der Waals surface area contributed by atoms with E-state index in [1.54, 1.807) is 0 Å². The van der Waals surface area contributed by atoms with Gasteiger partial charge in [0.25, 0.3) is 0 Å². The molecule has 41 heavy (non-hydrogen) atoms. The molecule has 0 saturated carbocycles. The molecule has 3 nitrogen and oxygen atoms in total. The van der Waals surface area contributed by atoms with E-state index in [1.165, 1.54) is 36.5 Å². The van der Waals surface area contributed by atoms with Crippen molar-refractivity contribution in [3.05, 3.63) is 140 Å². The van der Waals surface area contributed by atoms with Crippen LogP contribution in [0.4, 0.5) is 0 Å². The van der Waals surface area contributed by atoms with Gasteiger partial charge in [-0.2, -0.15) is 0 Å². The van der Waals surface area contributed by atoms with Crippen LogP contribution in [-0.2, 0) is 0 Å². The van der Waals surface area contributed by atoms with Crippen LogP contribution in [0.5, 0.6) is 0 Å². The zero-order chi connectivity index (χ0) is 27.2. The molecule has 0 fully saturated rings. The van der Waals surface area contributed by atoms with Gasteiger partial charge in [0.15, 0.2) is 17.5 Å². The monoisotopic (exact) mass is 541 g/mol. The second-order valence-corrected chi connectivity index (χ2v) is 11.2. The van der Waals surface area contributed by atoms with Gasteiger partial charge >= 0.3 is 0 Å². The fourth-order valence-electron chi connectivity index (χ4n) is 5.51. The molecule has 192 valence electrons. The smallest absolute Gasteiger partial charge is 0.164 e. The summed E-state index contributed by atoms with van der Waals surface area (Å²) in [5.74, 6) is 1.99. The Kier molecular flexibility index (Phi) is 5.64. The van der Waals surface area contributed by atoms with Crippen LogP contribution >= 0.6 is 11.3 Å². The van der Waals surface area contributed by atoms with Crippen molar-refractivity contribution < 1.29 is 0 Å². The van der Waals surface area contributed by atoms with Crippen LogP contribution in [0.25, 0.3) is 76.2 Å². The Labute approximate surface area is 241 Å². The number of benzene rings is 6. The van der Waals surface area contributed by atoms with Crippen LogP contribution in [0.15, 0.2) is 140 Å². The number of nitrogens with zero attached hydrogens (tertiary/aromatic N) is 3. The Morgan fingerprint density at radius 2 is 0.951 bits per heavy atom. The summed E-state index contributed by atoms with van der Waals surface area (Å²) in [6.45, 7) is 0. The maximum atomic E-state index is 4.92. The lowest BCUT2D eigenvalue weighted by Gasteiger charge is -2.10. The summed E-state index contributed by atoms with van der Waals surface area (Å²) in [7, 11) is 0. The molecule has 4 heteroatoms. The van der Waals surface area contributed by atoms with Crippen molar-refractivity contribution in [1.29, 1.82) is 0 Å². The molecule has 0 amide bonds. The zero-order valence-corrected chi connectivity index (χ0v) is 22.8. The lowest BCUT2D eigenvalue weighted by atomic mass is 9.97. The van der Waals surface area contributed by atoms with Crippen LogP contribution < -0.4 is 0 Å². The number of thiophene rings is 1. The maximum Gasteiger partial charge on any atom is 0.164 e. The molecular weight excluding hydrogens is 518 g/mol. The largest absolute Gasteiger partial charge is 0.208 e. The summed E-state index contributed by atoms with van der Waals surface area (Å²) in [6.07, 6.45) is 0. The highest BCUT2D eigenvalue weighted by molar-refractivity contribution is 7.26. The minimum absolute atomic E-state index is 0.659. The maximum absolute atomic E-state index is 4.92. The van der Waals surface area contributed by atoms with Gasteiger partial charge < -0.3 is 0 Å². The number of fused-ring (bicyclic) bond motifs is 5. The average Bonchev–Trinajstić information content (AvgIpc) is 3.44. The fraction of sp³-hybridized carbons (Fsp3) is 0. The van der Waals surface area contributed by atoms with E-state index < -0.39 is 0 Å². The van der Waals surface area contributed by atoms with E-state index in [-0.39, 0.29) is 0 Å². The van der Waals surface area contributed by atoms with Crippen LogP contribution in [0, 0.1) is 0 Å². The normalized spacial score (nSPS) is 11.4. The Bertz CT molecular complexity index is 2140. The number of hydrogen-bond acceptors (Lipinski definition) is 4. The second-order valence-electron chi connectivity index (χ2n) is 10.1. The quantitative estimate of drug-likeness (QED) is 0.222. The molecule has 8 aromatic rings. The summed E-state index contributed by atoms with van der Waals surface area (Å²) in [5.41, 5.74) is 5.18. The van der Waals surface area contributed by atoms with Crippen molar-refractivity contribution in [2.75, 3.05) is 0 Å². The highest BCUT2D eigenvalue weighted by atomic mass is 32.1. The highest BCUT2D eigenvalue weighted by Crippen LogP contribution is 2.39. The van der Waals surface area contributed by atoms with Crippen LogP contribution in [-0.4, -0.2) is 15.0 Å². The van der Waals surface area contributed by atoms with Gasteiger partial charge in [0.05, 0.1) is 0 Å². The first-order chi connectivity index (χ1) is 20.3. The van der Waals surface area contributed by atoms with Crippen molar-refractivity contribution in [1.82, 2.24) is 15.0 Å². The predicted octanol–water partition coefficient (Wildman–Crippen LogP) is 10.1. The van der Waals surface area contributed by atoms with E-state index in [4.69, 9.17) is 15.0 Å². The first-order valence-corrected chi connectivity index (χ1v) is 14.4. The first-order valence-electron chi connectivity index (χ1n) is 13.6. The van der Waals surface area contributed by atoms with Gasteiger partial charge in [0.2, 0.25) is 0 Å². The Morgan fingerprint density at radius 1 is 0.366 bits per heavy atom. The first kappa shape index (κ1) is 23.7. The van der Waals surface area contributed by atoms with E-state index in [0.29, 0.717) is 17.5 Å². The fourth-order valence-corrected chi connectivity index (χ4v) is 6.63. The van der Waals surface area contributed by atoms with Gasteiger partial charge in [-0.25, -0.2) is 15.0 Å². The van der Waals surface area contributed by atoms with Crippen molar-refractivity contribution in [3.63, 3.8) is 0 Å². The molecule has 0 aliphatic heterocycles. The van der Waals surface area contributed by atoms with Gasteiger partial charge in [0.1, 0.15) is 0 Å². The number of hydrogen-bond donors (Lipinski definition) is 0. The molecule has 0 radical (unpaired) electrons. The van der Waals surface area contributed by atoms with Gasteiger partial charge in [-0.3, -0.25) is 0 Å². The second kappa shape index (κ2) is 9.77. The lowest BCUT2D eigenvalue weighted by molar-refractivity contribution is 1.07. The Balaban J connectivity index is 1.25. The summed E-state index contributed by atoms with van der Waals surface area (Å²) in [4.78, 5) is 14.7. The SMILES string of the molecule is c1ccc(-c2nc(-c3ccccc3)nc(-c3cccc(-c4ccc5c(ccc6sc7ccccc7c65)c4)c3)n2)cc1. The average molecular weight is 542 g/mol. The van der Waals surface area contributed by atoms with E-state index >= 15 is 0 Å². The molecule has 0 spiro atoms. The van der Waals surface area contributed by atoms with E-state index in [1.807, 2.05) is 72.0 Å². The number of rotatable bonds is 4. The minimum atomic E-state index is 0.659. The Hall–Kier alpha value is -5.19. The molecule has 8 rings (SSSR count). The molecule has 0 N–H and O–H groups in total. The third-order valence-electron chi connectivity index (χ3n) is 7.51. The molecule has 2 aromatic heterocycles. The molecule has 0 aliphatic carbocycles. The van der Waals surface area contributed by atoms with Crippen molar-refractivity contribution in [2.24, 2.45) is 0 Å². The molecule has 0 bridgehead atoms. The topological polar surface area (TPSA) is 38.7 Å². The minimum Gasteiger partial charge on any atom is -0.208 e. The van der Waals surface area contributed by atoms with E-state index in [0.717, 1.165) is 22.3 Å². The third kappa shape index (κ3) is 4.26. The third-order valence-corrected chi connectivity index (χ3v) is 8.65. The van der Waals surface area contributed by atoms with Crippen molar-refractivity contribution >= 4 is 42.3 Å². The van der Waals surface area contributed by atoms with E-state index in [2.05, 4.69) is 78.9 Å². The lowest BCUT2D eigenvalue weighted by Crippen LogP contribution is -2.00. The summed E-state index contributed by atoms with van der Waals surface area (Å²) >= 11 is 1.86. The zero-order valence-electron chi connectivity index (χ0n) is 22.0. The molecule has 2 heterocycles. The van der Waals surface area contributed by atoms with E-state index in [9.17, 15) is 0 Å². The van der Waals surface area contributed by atoms with Crippen molar-refractivity contribution in [2.45, 2.75) is 0 Å². The predicted molar refractivity (Wildman–Crippen MR) is 172 cm³/mol. The summed E-state index contributed by atoms with van der Waals surface area (Å²) in [6, 6.07) is 48.6. The molecule has 0 aliphatic rings. The van der Waals surface area contributed by atoms with Crippen LogP contribution in [0.2, 0.25) is 0 Å². The Morgan fingerprint density at radius 3 is 1.68 bits per heavy atom. The molecule has 0 saturated heterocycles. The van der Waals surface area contributed by atoms with Gasteiger partial charge in [-0.05, 0) is 46.2 Å². The molecular formula is C37H23N3S.